The molecule has 2 saturated heterocycles. The topological polar surface area (TPSA) is 57.7 Å². The fourth-order valence-corrected chi connectivity index (χ4v) is 5.54. The largest absolute Gasteiger partial charge is 0.338 e. The minimum absolute atomic E-state index is 0.0122. The molecule has 0 bridgehead atoms. The van der Waals surface area contributed by atoms with E-state index in [1.165, 1.54) is 0 Å². The Morgan fingerprint density at radius 1 is 0.923 bits per heavy atom. The van der Waals surface area contributed by atoms with E-state index in [1.807, 2.05) is 48.5 Å². The SMILES string of the molecule is O=C(c1ccccc1)N1CCC2(CC1)N(c1ccccc1)C(=O)CS2=O. The van der Waals surface area contributed by atoms with Crippen LogP contribution in [0.25, 0.3) is 0 Å². The second-order valence-corrected chi connectivity index (χ2v) is 8.40. The molecule has 2 fully saturated rings. The molecule has 0 saturated carbocycles. The molecule has 0 radical (unpaired) electrons. The Bertz CT molecular complexity index is 846. The summed E-state index contributed by atoms with van der Waals surface area (Å²) in [5.74, 6) is -0.0548. The number of hydrogen-bond acceptors (Lipinski definition) is 3. The first kappa shape index (κ1) is 17.0. The number of carbonyl (C=O) groups excluding carboxylic acids is 2. The van der Waals surface area contributed by atoms with Crippen LogP contribution in [0.4, 0.5) is 5.69 Å². The average molecular weight is 368 g/mol. The molecule has 26 heavy (non-hydrogen) atoms. The third-order valence-corrected chi connectivity index (χ3v) is 7.15. The van der Waals surface area contributed by atoms with E-state index in [0.717, 1.165) is 5.69 Å². The number of nitrogens with zero attached hydrogens (tertiary/aromatic N) is 2. The summed E-state index contributed by atoms with van der Waals surface area (Å²) < 4.78 is 12.8. The molecule has 6 heteroatoms. The van der Waals surface area contributed by atoms with Crippen molar-refractivity contribution in [3.05, 3.63) is 66.2 Å². The highest BCUT2D eigenvalue weighted by molar-refractivity contribution is 7.88. The summed E-state index contributed by atoms with van der Waals surface area (Å²) in [6.07, 6.45) is 1.05. The summed E-state index contributed by atoms with van der Waals surface area (Å²) in [7, 11) is -1.26. The molecule has 2 amide bonds. The lowest BCUT2D eigenvalue weighted by Crippen LogP contribution is -2.56. The molecule has 1 unspecified atom stereocenters. The van der Waals surface area contributed by atoms with E-state index in [9.17, 15) is 13.8 Å². The minimum atomic E-state index is -1.26. The molecule has 0 aromatic heterocycles. The Kier molecular flexibility index (Phi) is 4.36. The fraction of sp³-hybridized carbons (Fsp3) is 0.300. The van der Waals surface area contributed by atoms with Crippen molar-refractivity contribution in [2.45, 2.75) is 17.7 Å². The van der Waals surface area contributed by atoms with E-state index >= 15 is 0 Å². The van der Waals surface area contributed by atoms with Gasteiger partial charge in [-0.1, -0.05) is 36.4 Å². The van der Waals surface area contributed by atoms with Crippen molar-refractivity contribution in [2.24, 2.45) is 0 Å². The maximum Gasteiger partial charge on any atom is 0.253 e. The highest BCUT2D eigenvalue weighted by Crippen LogP contribution is 2.40. The smallest absolute Gasteiger partial charge is 0.253 e. The molecule has 0 N–H and O–H groups in total. The van der Waals surface area contributed by atoms with Crippen LogP contribution in [0, 0.1) is 0 Å². The van der Waals surface area contributed by atoms with Crippen molar-refractivity contribution in [1.29, 1.82) is 0 Å². The number of likely N-dealkylation sites (tertiary alicyclic amines) is 1. The summed E-state index contributed by atoms with van der Waals surface area (Å²) in [4.78, 5) is 28.0. The fourth-order valence-electron chi connectivity index (χ4n) is 3.87. The van der Waals surface area contributed by atoms with Crippen molar-refractivity contribution in [1.82, 2.24) is 4.90 Å². The van der Waals surface area contributed by atoms with Crippen molar-refractivity contribution in [3.63, 3.8) is 0 Å². The van der Waals surface area contributed by atoms with Gasteiger partial charge in [-0.3, -0.25) is 18.7 Å². The van der Waals surface area contributed by atoms with Gasteiger partial charge < -0.3 is 4.90 Å². The maximum absolute atomic E-state index is 12.8. The van der Waals surface area contributed by atoms with Gasteiger partial charge in [-0.15, -0.1) is 0 Å². The first-order chi connectivity index (χ1) is 12.6. The third kappa shape index (κ3) is 2.74. The van der Waals surface area contributed by atoms with Crippen LogP contribution in [-0.4, -0.2) is 44.6 Å². The third-order valence-electron chi connectivity index (χ3n) is 5.20. The van der Waals surface area contributed by atoms with Crippen molar-refractivity contribution in [2.75, 3.05) is 23.7 Å². The molecular formula is C20H20N2O3S. The van der Waals surface area contributed by atoms with Gasteiger partial charge >= 0.3 is 0 Å². The van der Waals surface area contributed by atoms with Gasteiger partial charge in [-0.05, 0) is 24.3 Å². The Balaban J connectivity index is 1.57. The lowest BCUT2D eigenvalue weighted by Gasteiger charge is -2.43. The van der Waals surface area contributed by atoms with Crippen LogP contribution in [0.1, 0.15) is 23.2 Å². The summed E-state index contributed by atoms with van der Waals surface area (Å²) in [5.41, 5.74) is 1.44. The molecule has 2 aliphatic rings. The van der Waals surface area contributed by atoms with Crippen molar-refractivity contribution in [3.8, 4) is 0 Å². The van der Waals surface area contributed by atoms with Crippen molar-refractivity contribution >= 4 is 28.3 Å². The Morgan fingerprint density at radius 2 is 1.50 bits per heavy atom. The van der Waals surface area contributed by atoms with Crippen LogP contribution < -0.4 is 4.90 Å². The number of benzene rings is 2. The number of rotatable bonds is 2. The molecule has 2 aliphatic heterocycles. The predicted molar refractivity (Wildman–Crippen MR) is 101 cm³/mol. The van der Waals surface area contributed by atoms with Gasteiger partial charge in [0.15, 0.2) is 0 Å². The average Bonchev–Trinajstić information content (AvgIpc) is 2.92. The Morgan fingerprint density at radius 3 is 2.12 bits per heavy atom. The second-order valence-electron chi connectivity index (χ2n) is 6.66. The lowest BCUT2D eigenvalue weighted by atomic mass is 10.00. The highest BCUT2D eigenvalue weighted by atomic mass is 32.2. The molecule has 2 aromatic rings. The van der Waals surface area contributed by atoms with E-state index < -0.39 is 15.7 Å². The Hall–Kier alpha value is -2.47. The zero-order chi connectivity index (χ0) is 18.1. The minimum Gasteiger partial charge on any atom is -0.338 e. The van der Waals surface area contributed by atoms with Gasteiger partial charge in [-0.2, -0.15) is 0 Å². The summed E-state index contributed by atoms with van der Waals surface area (Å²) in [5, 5.41) is 0. The Labute approximate surface area is 155 Å². The summed E-state index contributed by atoms with van der Waals surface area (Å²) in [6, 6.07) is 18.6. The monoisotopic (exact) mass is 368 g/mol. The van der Waals surface area contributed by atoms with Crippen LogP contribution in [0.2, 0.25) is 0 Å². The quantitative estimate of drug-likeness (QED) is 0.818. The van der Waals surface area contributed by atoms with Crippen LogP contribution in [0.3, 0.4) is 0 Å². The number of piperidine rings is 1. The van der Waals surface area contributed by atoms with Gasteiger partial charge in [0.2, 0.25) is 5.91 Å². The van der Waals surface area contributed by atoms with Gasteiger partial charge in [0, 0.05) is 37.2 Å². The number of carbonyl (C=O) groups is 2. The van der Waals surface area contributed by atoms with Gasteiger partial charge in [0.25, 0.3) is 5.91 Å². The summed E-state index contributed by atoms with van der Waals surface area (Å²) >= 11 is 0. The first-order valence-electron chi connectivity index (χ1n) is 8.73. The molecule has 1 atom stereocenters. The molecule has 4 rings (SSSR count). The zero-order valence-electron chi connectivity index (χ0n) is 14.3. The molecular weight excluding hydrogens is 348 g/mol. The number of anilines is 1. The first-order valence-corrected chi connectivity index (χ1v) is 10.0. The number of para-hydroxylation sites is 1. The number of amides is 2. The van der Waals surface area contributed by atoms with Gasteiger partial charge in [0.05, 0.1) is 10.8 Å². The molecule has 5 nitrogen and oxygen atoms in total. The van der Waals surface area contributed by atoms with Crippen LogP contribution in [0.5, 0.6) is 0 Å². The predicted octanol–water partition coefficient (Wildman–Crippen LogP) is 2.41. The molecule has 134 valence electrons. The van der Waals surface area contributed by atoms with E-state index in [2.05, 4.69) is 0 Å². The van der Waals surface area contributed by atoms with E-state index in [4.69, 9.17) is 0 Å². The van der Waals surface area contributed by atoms with Crippen molar-refractivity contribution < 1.29 is 13.8 Å². The number of hydrogen-bond donors (Lipinski definition) is 0. The van der Waals surface area contributed by atoms with Gasteiger partial charge in [0.1, 0.15) is 10.6 Å². The van der Waals surface area contributed by atoms with Crippen LogP contribution >= 0.6 is 0 Å². The molecule has 2 heterocycles. The van der Waals surface area contributed by atoms with E-state index in [-0.39, 0.29) is 17.6 Å². The van der Waals surface area contributed by atoms with Gasteiger partial charge in [-0.25, -0.2) is 0 Å². The summed E-state index contributed by atoms with van der Waals surface area (Å²) in [6.45, 7) is 0.992. The van der Waals surface area contributed by atoms with E-state index in [0.29, 0.717) is 31.5 Å². The highest BCUT2D eigenvalue weighted by Gasteiger charge is 2.53. The van der Waals surface area contributed by atoms with Crippen LogP contribution in [0.15, 0.2) is 60.7 Å². The zero-order valence-corrected chi connectivity index (χ0v) is 15.2. The van der Waals surface area contributed by atoms with E-state index in [1.54, 1.807) is 21.9 Å². The lowest BCUT2D eigenvalue weighted by molar-refractivity contribution is -0.116. The second kappa shape index (κ2) is 6.68. The molecule has 0 aliphatic carbocycles. The van der Waals surface area contributed by atoms with Crippen LogP contribution in [-0.2, 0) is 15.6 Å². The molecule has 1 spiro atoms. The standard InChI is InChI=1S/C20H20N2O3S/c23-18-15-26(25)20(22(18)17-9-5-2-6-10-17)11-13-21(14-12-20)19(24)16-7-3-1-4-8-16/h1-10H,11-15H2. The maximum atomic E-state index is 12.8. The molecule has 2 aromatic carbocycles. The normalized spacial score (nSPS) is 22.0.